The molecule has 0 radical (unpaired) electrons. The van der Waals surface area contributed by atoms with Gasteiger partial charge in [0.25, 0.3) is 0 Å². The van der Waals surface area contributed by atoms with Crippen molar-refractivity contribution in [2.24, 2.45) is 11.7 Å². The van der Waals surface area contributed by atoms with Crippen molar-refractivity contribution in [1.29, 1.82) is 0 Å². The molecule has 0 amide bonds. The maximum absolute atomic E-state index is 11.7. The molecule has 0 bridgehead atoms. The first-order chi connectivity index (χ1) is 6.04. The Morgan fingerprint density at radius 3 is 2.62 bits per heavy atom. The molecule has 13 heavy (non-hydrogen) atoms. The van der Waals surface area contributed by atoms with Crippen molar-refractivity contribution in [2.75, 3.05) is 0 Å². The highest BCUT2D eigenvalue weighted by Gasteiger charge is 2.21. The number of carbonyl (C=O) groups excluding carboxylic acids is 1. The lowest BCUT2D eigenvalue weighted by atomic mass is 9.98. The van der Waals surface area contributed by atoms with E-state index in [0.29, 0.717) is 9.90 Å². The SMILES string of the molecule is CC(C)C(N)C(=O)c1ccsc1Cl. The van der Waals surface area contributed by atoms with E-state index in [2.05, 4.69) is 0 Å². The van der Waals surface area contributed by atoms with Crippen LogP contribution in [-0.2, 0) is 0 Å². The van der Waals surface area contributed by atoms with Gasteiger partial charge in [-0.2, -0.15) is 0 Å². The zero-order valence-electron chi connectivity index (χ0n) is 7.58. The van der Waals surface area contributed by atoms with Gasteiger partial charge in [-0.25, -0.2) is 0 Å². The van der Waals surface area contributed by atoms with Gasteiger partial charge in [0.05, 0.1) is 6.04 Å². The lowest BCUT2D eigenvalue weighted by Crippen LogP contribution is -2.35. The van der Waals surface area contributed by atoms with Crippen molar-refractivity contribution >= 4 is 28.7 Å². The summed E-state index contributed by atoms with van der Waals surface area (Å²) in [4.78, 5) is 11.7. The van der Waals surface area contributed by atoms with Gasteiger partial charge in [0.2, 0.25) is 0 Å². The predicted octanol–water partition coefficient (Wildman–Crippen LogP) is 2.57. The van der Waals surface area contributed by atoms with E-state index in [9.17, 15) is 4.79 Å². The highest BCUT2D eigenvalue weighted by Crippen LogP contribution is 2.24. The third-order valence-corrected chi connectivity index (χ3v) is 3.07. The van der Waals surface area contributed by atoms with Crippen LogP contribution in [0.5, 0.6) is 0 Å². The summed E-state index contributed by atoms with van der Waals surface area (Å²) in [5.41, 5.74) is 6.27. The molecule has 1 rings (SSSR count). The summed E-state index contributed by atoms with van der Waals surface area (Å²) >= 11 is 7.18. The number of Topliss-reactive ketones (excluding diaryl/α,β-unsaturated/α-hetero) is 1. The van der Waals surface area contributed by atoms with Crippen molar-refractivity contribution in [3.63, 3.8) is 0 Å². The first-order valence-corrected chi connectivity index (χ1v) is 5.32. The van der Waals surface area contributed by atoms with Gasteiger partial charge in [0, 0.05) is 5.56 Å². The van der Waals surface area contributed by atoms with Crippen LogP contribution in [0.1, 0.15) is 24.2 Å². The molecule has 0 fully saturated rings. The highest BCUT2D eigenvalue weighted by atomic mass is 35.5. The number of rotatable bonds is 3. The van der Waals surface area contributed by atoms with Crippen LogP contribution in [0.3, 0.4) is 0 Å². The van der Waals surface area contributed by atoms with E-state index in [-0.39, 0.29) is 11.7 Å². The summed E-state index contributed by atoms with van der Waals surface area (Å²) in [7, 11) is 0. The first-order valence-electron chi connectivity index (χ1n) is 4.06. The molecule has 1 aromatic heterocycles. The average molecular weight is 218 g/mol. The van der Waals surface area contributed by atoms with Crippen LogP contribution in [-0.4, -0.2) is 11.8 Å². The van der Waals surface area contributed by atoms with Crippen molar-refractivity contribution in [1.82, 2.24) is 0 Å². The minimum Gasteiger partial charge on any atom is -0.321 e. The number of halogens is 1. The second-order valence-electron chi connectivity index (χ2n) is 3.24. The Hall–Kier alpha value is -0.380. The van der Waals surface area contributed by atoms with Gasteiger partial charge >= 0.3 is 0 Å². The van der Waals surface area contributed by atoms with Gasteiger partial charge < -0.3 is 5.73 Å². The quantitative estimate of drug-likeness (QED) is 0.791. The fourth-order valence-electron chi connectivity index (χ4n) is 0.952. The molecule has 4 heteroatoms. The van der Waals surface area contributed by atoms with E-state index in [1.54, 1.807) is 11.4 Å². The first kappa shape index (κ1) is 10.7. The van der Waals surface area contributed by atoms with Crippen LogP contribution in [0.4, 0.5) is 0 Å². The summed E-state index contributed by atoms with van der Waals surface area (Å²) < 4.78 is 0.529. The Kier molecular flexibility index (Phi) is 3.47. The Labute approximate surface area is 86.7 Å². The number of carbonyl (C=O) groups is 1. The summed E-state index contributed by atoms with van der Waals surface area (Å²) in [6, 6.07) is 1.27. The minimum atomic E-state index is -0.452. The molecular formula is C9H12ClNOS. The zero-order valence-corrected chi connectivity index (χ0v) is 9.15. The van der Waals surface area contributed by atoms with Crippen LogP contribution in [0.25, 0.3) is 0 Å². The summed E-state index contributed by atoms with van der Waals surface area (Å²) in [5.74, 6) is 0.0738. The number of hydrogen-bond acceptors (Lipinski definition) is 3. The minimum absolute atomic E-state index is 0.0683. The van der Waals surface area contributed by atoms with Gasteiger partial charge in [-0.15, -0.1) is 11.3 Å². The third-order valence-electron chi connectivity index (χ3n) is 1.90. The molecule has 0 saturated carbocycles. The Bertz CT molecular complexity index is 308. The van der Waals surface area contributed by atoms with E-state index >= 15 is 0 Å². The molecule has 1 unspecified atom stereocenters. The Morgan fingerprint density at radius 2 is 2.23 bits per heavy atom. The number of hydrogen-bond donors (Lipinski definition) is 1. The molecule has 0 aliphatic carbocycles. The largest absolute Gasteiger partial charge is 0.321 e. The van der Waals surface area contributed by atoms with E-state index < -0.39 is 6.04 Å². The standard InChI is InChI=1S/C9H12ClNOS/c1-5(2)7(11)8(12)6-3-4-13-9(6)10/h3-5,7H,11H2,1-2H3. The molecule has 2 nitrogen and oxygen atoms in total. The van der Waals surface area contributed by atoms with E-state index in [4.69, 9.17) is 17.3 Å². The van der Waals surface area contributed by atoms with Gasteiger partial charge in [-0.05, 0) is 17.4 Å². The monoisotopic (exact) mass is 217 g/mol. The molecule has 1 aromatic rings. The van der Waals surface area contributed by atoms with Crippen molar-refractivity contribution in [2.45, 2.75) is 19.9 Å². The summed E-state index contributed by atoms with van der Waals surface area (Å²) in [6.07, 6.45) is 0. The number of thiophene rings is 1. The number of nitrogens with two attached hydrogens (primary N) is 1. The molecule has 72 valence electrons. The van der Waals surface area contributed by atoms with Gasteiger partial charge in [-0.3, -0.25) is 4.79 Å². The molecule has 0 spiro atoms. The zero-order chi connectivity index (χ0) is 10.0. The average Bonchev–Trinajstić information content (AvgIpc) is 2.48. The molecule has 1 heterocycles. The van der Waals surface area contributed by atoms with Crippen molar-refractivity contribution in [3.05, 3.63) is 21.3 Å². The maximum Gasteiger partial charge on any atom is 0.182 e. The molecular weight excluding hydrogens is 206 g/mol. The van der Waals surface area contributed by atoms with Crippen LogP contribution in [0, 0.1) is 5.92 Å². The second kappa shape index (κ2) is 4.22. The maximum atomic E-state index is 11.7. The third kappa shape index (κ3) is 2.30. The fourth-order valence-corrected chi connectivity index (χ4v) is 1.88. The molecule has 0 aromatic carbocycles. The number of ketones is 1. The lowest BCUT2D eigenvalue weighted by Gasteiger charge is -2.13. The topological polar surface area (TPSA) is 43.1 Å². The van der Waals surface area contributed by atoms with E-state index in [1.807, 2.05) is 13.8 Å². The highest BCUT2D eigenvalue weighted by molar-refractivity contribution is 7.14. The van der Waals surface area contributed by atoms with Crippen LogP contribution >= 0.6 is 22.9 Å². The molecule has 2 N–H and O–H groups in total. The predicted molar refractivity (Wildman–Crippen MR) is 56.5 cm³/mol. The Morgan fingerprint density at radius 1 is 1.62 bits per heavy atom. The van der Waals surface area contributed by atoms with Crippen LogP contribution < -0.4 is 5.73 Å². The molecule has 0 aliphatic heterocycles. The van der Waals surface area contributed by atoms with Gasteiger partial charge in [0.15, 0.2) is 5.78 Å². The van der Waals surface area contributed by atoms with Gasteiger partial charge in [-0.1, -0.05) is 25.4 Å². The summed E-state index contributed by atoms with van der Waals surface area (Å²) in [5, 5.41) is 1.79. The lowest BCUT2D eigenvalue weighted by molar-refractivity contribution is 0.0941. The van der Waals surface area contributed by atoms with E-state index in [0.717, 1.165) is 0 Å². The van der Waals surface area contributed by atoms with Gasteiger partial charge in [0.1, 0.15) is 4.34 Å². The van der Waals surface area contributed by atoms with Crippen LogP contribution in [0.2, 0.25) is 4.34 Å². The van der Waals surface area contributed by atoms with Crippen molar-refractivity contribution in [3.8, 4) is 0 Å². The molecule has 1 atom stereocenters. The normalized spacial score (nSPS) is 13.3. The van der Waals surface area contributed by atoms with Crippen LogP contribution in [0.15, 0.2) is 11.4 Å². The van der Waals surface area contributed by atoms with E-state index in [1.165, 1.54) is 11.3 Å². The Balaban J connectivity index is 2.86. The van der Waals surface area contributed by atoms with Crippen molar-refractivity contribution < 1.29 is 4.79 Å². The fraction of sp³-hybridized carbons (Fsp3) is 0.444. The summed E-state index contributed by atoms with van der Waals surface area (Å²) in [6.45, 7) is 3.84. The molecule has 0 aliphatic rings. The molecule has 0 saturated heterocycles. The smallest absolute Gasteiger partial charge is 0.182 e. The second-order valence-corrected chi connectivity index (χ2v) is 4.76.